The van der Waals surface area contributed by atoms with Crippen LogP contribution < -0.4 is 0 Å². The summed E-state index contributed by atoms with van der Waals surface area (Å²) in [6, 6.07) is -0.279. The molecule has 0 spiro atoms. The molecular formula is C15H25N3O3. The van der Waals surface area contributed by atoms with Crippen LogP contribution in [0.15, 0.2) is 16.8 Å². The van der Waals surface area contributed by atoms with Gasteiger partial charge in [0.15, 0.2) is 0 Å². The normalized spacial score (nSPS) is 25.2. The van der Waals surface area contributed by atoms with Crippen LogP contribution in [0, 0.1) is 5.92 Å². The van der Waals surface area contributed by atoms with Crippen molar-refractivity contribution in [3.05, 3.63) is 22.1 Å². The fraction of sp³-hybridized carbons (Fsp3) is 0.800. The first-order chi connectivity index (χ1) is 10.1. The van der Waals surface area contributed by atoms with Crippen LogP contribution in [0.25, 0.3) is 10.4 Å². The Morgan fingerprint density at radius 3 is 2.67 bits per heavy atom. The zero-order chi connectivity index (χ0) is 15.8. The molecule has 0 aromatic carbocycles. The van der Waals surface area contributed by atoms with Crippen LogP contribution >= 0.6 is 0 Å². The first-order valence-electron chi connectivity index (χ1n) is 7.64. The van der Waals surface area contributed by atoms with E-state index in [0.717, 1.165) is 12.8 Å². The highest BCUT2D eigenvalue weighted by atomic mass is 16.5. The summed E-state index contributed by atoms with van der Waals surface area (Å²) < 4.78 is 11.1. The summed E-state index contributed by atoms with van der Waals surface area (Å²) in [5.41, 5.74) is 9.25. The molecule has 0 radical (unpaired) electrons. The van der Waals surface area contributed by atoms with E-state index in [0.29, 0.717) is 18.6 Å². The number of hydrogen-bond donors (Lipinski definition) is 0. The second-order valence-electron chi connectivity index (χ2n) is 5.29. The summed E-state index contributed by atoms with van der Waals surface area (Å²) in [6.07, 6.45) is 3.99. The highest BCUT2D eigenvalue weighted by Crippen LogP contribution is 2.31. The van der Waals surface area contributed by atoms with E-state index in [9.17, 15) is 4.79 Å². The van der Waals surface area contributed by atoms with Gasteiger partial charge < -0.3 is 9.47 Å². The van der Waals surface area contributed by atoms with Gasteiger partial charge in [0, 0.05) is 16.5 Å². The van der Waals surface area contributed by atoms with Crippen molar-refractivity contribution in [3.63, 3.8) is 0 Å². The Morgan fingerprint density at radius 1 is 1.48 bits per heavy atom. The standard InChI is InChI=1S/C15H25N3O3/c1-5-12(6-2)21-14-9-11(15(19)20-7-3)8-13(10(14)4)17-18-16/h9-10,12-14H,5-8H2,1-4H3/t10-,13+,14-/m1/s1. The molecule has 0 aliphatic heterocycles. The summed E-state index contributed by atoms with van der Waals surface area (Å²) in [5, 5.41) is 3.82. The average Bonchev–Trinajstić information content (AvgIpc) is 2.48. The molecule has 0 saturated heterocycles. The van der Waals surface area contributed by atoms with Gasteiger partial charge in [0.05, 0.1) is 18.8 Å². The molecule has 1 aliphatic rings. The Hall–Kier alpha value is -1.52. The van der Waals surface area contributed by atoms with Crippen LogP contribution in [-0.2, 0) is 14.3 Å². The molecule has 0 aromatic heterocycles. The molecule has 1 aliphatic carbocycles. The number of rotatable bonds is 7. The van der Waals surface area contributed by atoms with Crippen molar-refractivity contribution in [3.8, 4) is 0 Å². The maximum absolute atomic E-state index is 11.9. The maximum Gasteiger partial charge on any atom is 0.333 e. The van der Waals surface area contributed by atoms with Gasteiger partial charge in [-0.15, -0.1) is 0 Å². The molecular weight excluding hydrogens is 270 g/mol. The summed E-state index contributed by atoms with van der Waals surface area (Å²) >= 11 is 0. The lowest BCUT2D eigenvalue weighted by atomic mass is 9.84. The number of carbonyl (C=O) groups is 1. The summed E-state index contributed by atoms with van der Waals surface area (Å²) in [4.78, 5) is 14.8. The molecule has 0 saturated carbocycles. The highest BCUT2D eigenvalue weighted by molar-refractivity contribution is 5.88. The van der Waals surface area contributed by atoms with Crippen molar-refractivity contribution in [1.29, 1.82) is 0 Å². The predicted molar refractivity (Wildman–Crippen MR) is 80.7 cm³/mol. The number of ether oxygens (including phenoxy) is 2. The molecule has 0 N–H and O–H groups in total. The average molecular weight is 295 g/mol. The second-order valence-corrected chi connectivity index (χ2v) is 5.29. The number of hydrogen-bond acceptors (Lipinski definition) is 4. The largest absolute Gasteiger partial charge is 0.463 e. The van der Waals surface area contributed by atoms with Crippen molar-refractivity contribution in [2.75, 3.05) is 6.61 Å². The van der Waals surface area contributed by atoms with Gasteiger partial charge >= 0.3 is 5.97 Å². The zero-order valence-corrected chi connectivity index (χ0v) is 13.3. The van der Waals surface area contributed by atoms with Gasteiger partial charge in [0.2, 0.25) is 0 Å². The third-order valence-electron chi connectivity index (χ3n) is 3.92. The fourth-order valence-electron chi connectivity index (χ4n) is 2.50. The molecule has 0 amide bonds. The summed E-state index contributed by atoms with van der Waals surface area (Å²) in [7, 11) is 0. The van der Waals surface area contributed by atoms with Crippen molar-refractivity contribution < 1.29 is 14.3 Å². The fourth-order valence-corrected chi connectivity index (χ4v) is 2.50. The van der Waals surface area contributed by atoms with Crippen LogP contribution in [0.5, 0.6) is 0 Å². The minimum absolute atomic E-state index is 0.0414. The lowest BCUT2D eigenvalue weighted by Crippen LogP contribution is -2.37. The minimum atomic E-state index is -0.347. The van der Waals surface area contributed by atoms with Gasteiger partial charge in [-0.2, -0.15) is 0 Å². The predicted octanol–water partition coefficient (Wildman–Crippen LogP) is 3.77. The SMILES string of the molecule is CCOC(=O)C1=C[C@@H](OC(CC)CC)[C@H](C)[C@@H](N=[N+]=[N-])C1. The van der Waals surface area contributed by atoms with Crippen molar-refractivity contribution in [2.45, 2.75) is 65.2 Å². The first kappa shape index (κ1) is 17.5. The van der Waals surface area contributed by atoms with E-state index in [1.165, 1.54) is 0 Å². The molecule has 1 rings (SSSR count). The molecule has 0 heterocycles. The van der Waals surface area contributed by atoms with Crippen molar-refractivity contribution in [1.82, 2.24) is 0 Å². The van der Waals surface area contributed by atoms with Crippen molar-refractivity contribution in [2.24, 2.45) is 11.0 Å². The first-order valence-corrected chi connectivity index (χ1v) is 7.64. The highest BCUT2D eigenvalue weighted by Gasteiger charge is 2.33. The number of esters is 1. The molecule has 3 atom stereocenters. The maximum atomic E-state index is 11.9. The molecule has 6 nitrogen and oxygen atoms in total. The van der Waals surface area contributed by atoms with Gasteiger partial charge in [-0.3, -0.25) is 0 Å². The zero-order valence-electron chi connectivity index (χ0n) is 13.3. The van der Waals surface area contributed by atoms with E-state index in [4.69, 9.17) is 15.0 Å². The van der Waals surface area contributed by atoms with E-state index in [1.54, 1.807) is 6.92 Å². The topological polar surface area (TPSA) is 84.3 Å². The quantitative estimate of drug-likeness (QED) is 0.310. The molecule has 0 fully saturated rings. The second kappa shape index (κ2) is 8.70. The Bertz CT molecular complexity index is 426. The van der Waals surface area contributed by atoms with Crippen LogP contribution in [0.2, 0.25) is 0 Å². The van der Waals surface area contributed by atoms with Gasteiger partial charge in [0.1, 0.15) is 0 Å². The molecule has 0 unspecified atom stereocenters. The van der Waals surface area contributed by atoms with E-state index in [-0.39, 0.29) is 30.1 Å². The smallest absolute Gasteiger partial charge is 0.333 e. The molecule has 118 valence electrons. The van der Waals surface area contributed by atoms with Crippen LogP contribution in [0.3, 0.4) is 0 Å². The van der Waals surface area contributed by atoms with Gasteiger partial charge in [0.25, 0.3) is 0 Å². The van der Waals surface area contributed by atoms with E-state index >= 15 is 0 Å². The third-order valence-corrected chi connectivity index (χ3v) is 3.92. The Labute approximate surface area is 126 Å². The monoisotopic (exact) mass is 295 g/mol. The summed E-state index contributed by atoms with van der Waals surface area (Å²) in [5.74, 6) is -0.305. The Morgan fingerprint density at radius 2 is 2.14 bits per heavy atom. The van der Waals surface area contributed by atoms with Gasteiger partial charge in [-0.05, 0) is 43.7 Å². The Kier molecular flexibility index (Phi) is 7.26. The van der Waals surface area contributed by atoms with E-state index in [2.05, 4.69) is 23.9 Å². The Balaban J connectivity index is 2.97. The van der Waals surface area contributed by atoms with Crippen molar-refractivity contribution >= 4 is 5.97 Å². The number of nitrogens with zero attached hydrogens (tertiary/aromatic N) is 3. The lowest BCUT2D eigenvalue weighted by molar-refractivity contribution is -0.139. The number of azide groups is 1. The molecule has 0 bridgehead atoms. The number of carbonyl (C=O) groups excluding carboxylic acids is 1. The van der Waals surface area contributed by atoms with Gasteiger partial charge in [-0.1, -0.05) is 25.9 Å². The molecule has 0 aromatic rings. The van der Waals surface area contributed by atoms with E-state index in [1.807, 2.05) is 13.0 Å². The van der Waals surface area contributed by atoms with Crippen LogP contribution in [-0.4, -0.2) is 30.8 Å². The van der Waals surface area contributed by atoms with E-state index < -0.39 is 0 Å². The van der Waals surface area contributed by atoms with Crippen LogP contribution in [0.4, 0.5) is 0 Å². The third kappa shape index (κ3) is 4.76. The molecule has 21 heavy (non-hydrogen) atoms. The van der Waals surface area contributed by atoms with Crippen LogP contribution in [0.1, 0.15) is 47.0 Å². The summed E-state index contributed by atoms with van der Waals surface area (Å²) in [6.45, 7) is 8.24. The molecule has 6 heteroatoms. The van der Waals surface area contributed by atoms with Gasteiger partial charge in [-0.25, -0.2) is 4.79 Å². The lowest BCUT2D eigenvalue weighted by Gasteiger charge is -2.34. The minimum Gasteiger partial charge on any atom is -0.463 e.